The van der Waals surface area contributed by atoms with E-state index in [2.05, 4.69) is 6.92 Å². The van der Waals surface area contributed by atoms with Gasteiger partial charge in [0.1, 0.15) is 5.75 Å². The van der Waals surface area contributed by atoms with Gasteiger partial charge in [0.15, 0.2) is 0 Å². The lowest BCUT2D eigenvalue weighted by Gasteiger charge is -2.28. The van der Waals surface area contributed by atoms with Gasteiger partial charge in [0.25, 0.3) is 0 Å². The molecule has 0 spiro atoms. The molecule has 0 aromatic heterocycles. The van der Waals surface area contributed by atoms with Crippen molar-refractivity contribution in [1.29, 1.82) is 0 Å². The molecule has 1 aliphatic rings. The highest BCUT2D eigenvalue weighted by Crippen LogP contribution is 2.48. The van der Waals surface area contributed by atoms with E-state index < -0.39 is 0 Å². The first-order valence-corrected chi connectivity index (χ1v) is 6.40. The molecule has 0 saturated heterocycles. The normalized spacial score (nSPS) is 18.8. The second-order valence-electron chi connectivity index (χ2n) is 5.22. The van der Waals surface area contributed by atoms with Crippen molar-refractivity contribution in [1.82, 2.24) is 0 Å². The molecule has 2 nitrogen and oxygen atoms in total. The van der Waals surface area contributed by atoms with Crippen LogP contribution in [-0.4, -0.2) is 18.8 Å². The second kappa shape index (κ2) is 4.87. The first-order chi connectivity index (χ1) is 8.09. The van der Waals surface area contributed by atoms with Crippen molar-refractivity contribution < 1.29 is 9.84 Å². The molecule has 1 aliphatic carbocycles. The molecule has 0 heterocycles. The van der Waals surface area contributed by atoms with Crippen molar-refractivity contribution in [3.8, 4) is 5.75 Å². The van der Waals surface area contributed by atoms with Crippen LogP contribution in [0.1, 0.15) is 25.3 Å². The maximum atomic E-state index is 9.62. The standard InChI is InChI=1S/C14H19ClO2/c1-14(9-16,11-3-4-11)8-10-7-12(15)5-6-13(10)17-2/h5-7,11,16H,3-4,8-9H2,1-2H3. The molecule has 0 bridgehead atoms. The number of benzene rings is 1. The van der Waals surface area contributed by atoms with Gasteiger partial charge in [0.2, 0.25) is 0 Å². The largest absolute Gasteiger partial charge is 0.496 e. The fourth-order valence-electron chi connectivity index (χ4n) is 2.43. The van der Waals surface area contributed by atoms with Crippen molar-refractivity contribution >= 4 is 11.6 Å². The zero-order chi connectivity index (χ0) is 12.5. The van der Waals surface area contributed by atoms with E-state index in [1.54, 1.807) is 7.11 Å². The maximum absolute atomic E-state index is 9.62. The number of rotatable bonds is 5. The fourth-order valence-corrected chi connectivity index (χ4v) is 2.62. The highest BCUT2D eigenvalue weighted by Gasteiger charge is 2.41. The van der Waals surface area contributed by atoms with Crippen molar-refractivity contribution in [2.24, 2.45) is 11.3 Å². The molecule has 1 fully saturated rings. The topological polar surface area (TPSA) is 29.5 Å². The van der Waals surface area contributed by atoms with Crippen LogP contribution in [0.4, 0.5) is 0 Å². The van der Waals surface area contributed by atoms with Gasteiger partial charge in [0, 0.05) is 11.6 Å². The quantitative estimate of drug-likeness (QED) is 0.874. The molecule has 1 saturated carbocycles. The summed E-state index contributed by atoms with van der Waals surface area (Å²) in [4.78, 5) is 0. The van der Waals surface area contributed by atoms with E-state index in [4.69, 9.17) is 16.3 Å². The average Bonchev–Trinajstić information content (AvgIpc) is 3.13. The lowest BCUT2D eigenvalue weighted by atomic mass is 9.79. The van der Waals surface area contributed by atoms with Crippen LogP contribution in [-0.2, 0) is 6.42 Å². The van der Waals surface area contributed by atoms with Crippen LogP contribution < -0.4 is 4.74 Å². The lowest BCUT2D eigenvalue weighted by molar-refractivity contribution is 0.119. The zero-order valence-electron chi connectivity index (χ0n) is 10.4. The number of aliphatic hydroxyl groups excluding tert-OH is 1. The van der Waals surface area contributed by atoms with Gasteiger partial charge in [-0.05, 0) is 54.4 Å². The number of hydrogen-bond acceptors (Lipinski definition) is 2. The van der Waals surface area contributed by atoms with Gasteiger partial charge >= 0.3 is 0 Å². The Morgan fingerprint density at radius 3 is 2.71 bits per heavy atom. The monoisotopic (exact) mass is 254 g/mol. The molecule has 0 aliphatic heterocycles. The first-order valence-electron chi connectivity index (χ1n) is 6.02. The zero-order valence-corrected chi connectivity index (χ0v) is 11.1. The third-order valence-corrected chi connectivity index (χ3v) is 4.00. The molecule has 17 heavy (non-hydrogen) atoms. The Bertz CT molecular complexity index is 401. The van der Waals surface area contributed by atoms with Gasteiger partial charge in [0.05, 0.1) is 7.11 Å². The number of hydrogen-bond donors (Lipinski definition) is 1. The molecular formula is C14H19ClO2. The van der Waals surface area contributed by atoms with Gasteiger partial charge in [-0.3, -0.25) is 0 Å². The molecule has 1 N–H and O–H groups in total. The minimum absolute atomic E-state index is 0.0437. The summed E-state index contributed by atoms with van der Waals surface area (Å²) in [7, 11) is 1.67. The van der Waals surface area contributed by atoms with Crippen LogP contribution in [0.3, 0.4) is 0 Å². The molecule has 1 aromatic rings. The molecule has 0 radical (unpaired) electrons. The van der Waals surface area contributed by atoms with Gasteiger partial charge in [-0.25, -0.2) is 0 Å². The van der Waals surface area contributed by atoms with E-state index >= 15 is 0 Å². The van der Waals surface area contributed by atoms with E-state index in [0.717, 1.165) is 22.8 Å². The van der Waals surface area contributed by atoms with Gasteiger partial charge in [-0.2, -0.15) is 0 Å². The number of halogens is 1. The van der Waals surface area contributed by atoms with Crippen LogP contribution in [0.5, 0.6) is 5.75 Å². The Kier molecular flexibility index (Phi) is 3.64. The van der Waals surface area contributed by atoms with Crippen molar-refractivity contribution in [3.05, 3.63) is 28.8 Å². The van der Waals surface area contributed by atoms with Crippen molar-refractivity contribution in [2.45, 2.75) is 26.2 Å². The Balaban J connectivity index is 2.24. The first kappa shape index (κ1) is 12.7. The Labute approximate surface area is 108 Å². The summed E-state index contributed by atoms with van der Waals surface area (Å²) >= 11 is 6.02. The average molecular weight is 255 g/mol. The minimum Gasteiger partial charge on any atom is -0.496 e. The Morgan fingerprint density at radius 2 is 2.18 bits per heavy atom. The highest BCUT2D eigenvalue weighted by molar-refractivity contribution is 6.30. The SMILES string of the molecule is COc1ccc(Cl)cc1CC(C)(CO)C1CC1. The Morgan fingerprint density at radius 1 is 1.47 bits per heavy atom. The summed E-state index contributed by atoms with van der Waals surface area (Å²) in [5.74, 6) is 1.49. The molecule has 2 rings (SSSR count). The second-order valence-corrected chi connectivity index (χ2v) is 5.66. The summed E-state index contributed by atoms with van der Waals surface area (Å²) in [6.45, 7) is 2.36. The van der Waals surface area contributed by atoms with Gasteiger partial charge in [-0.1, -0.05) is 18.5 Å². The molecule has 1 aromatic carbocycles. The third-order valence-electron chi connectivity index (χ3n) is 3.76. The fraction of sp³-hybridized carbons (Fsp3) is 0.571. The summed E-state index contributed by atoms with van der Waals surface area (Å²) in [5, 5.41) is 10.3. The minimum atomic E-state index is -0.0437. The van der Waals surface area contributed by atoms with E-state index in [0.29, 0.717) is 5.92 Å². The Hall–Kier alpha value is -0.730. The summed E-state index contributed by atoms with van der Waals surface area (Å²) < 4.78 is 5.35. The predicted octanol–water partition coefficient (Wildman–Crippen LogP) is 3.30. The molecule has 3 heteroatoms. The van der Waals surface area contributed by atoms with Gasteiger partial charge in [-0.15, -0.1) is 0 Å². The molecule has 0 amide bonds. The highest BCUT2D eigenvalue weighted by atomic mass is 35.5. The molecule has 1 atom stereocenters. The van der Waals surface area contributed by atoms with E-state index in [1.807, 2.05) is 18.2 Å². The number of methoxy groups -OCH3 is 1. The van der Waals surface area contributed by atoms with E-state index in [-0.39, 0.29) is 12.0 Å². The maximum Gasteiger partial charge on any atom is 0.122 e. The lowest BCUT2D eigenvalue weighted by Crippen LogP contribution is -2.27. The van der Waals surface area contributed by atoms with Crippen LogP contribution in [0.25, 0.3) is 0 Å². The smallest absolute Gasteiger partial charge is 0.122 e. The predicted molar refractivity (Wildman–Crippen MR) is 69.6 cm³/mol. The number of aliphatic hydroxyl groups is 1. The van der Waals surface area contributed by atoms with Gasteiger partial charge < -0.3 is 9.84 Å². The summed E-state index contributed by atoms with van der Waals surface area (Å²) in [6.07, 6.45) is 3.26. The summed E-state index contributed by atoms with van der Waals surface area (Å²) in [5.41, 5.74) is 1.04. The van der Waals surface area contributed by atoms with E-state index in [1.165, 1.54) is 12.8 Å². The van der Waals surface area contributed by atoms with Crippen LogP contribution >= 0.6 is 11.6 Å². The van der Waals surface area contributed by atoms with Crippen LogP contribution in [0.2, 0.25) is 5.02 Å². The van der Waals surface area contributed by atoms with E-state index in [9.17, 15) is 5.11 Å². The number of ether oxygens (including phenoxy) is 1. The molecule has 1 unspecified atom stereocenters. The summed E-state index contributed by atoms with van der Waals surface area (Å²) in [6, 6.07) is 5.66. The van der Waals surface area contributed by atoms with Crippen LogP contribution in [0, 0.1) is 11.3 Å². The third kappa shape index (κ3) is 2.75. The van der Waals surface area contributed by atoms with Crippen molar-refractivity contribution in [2.75, 3.05) is 13.7 Å². The molecular weight excluding hydrogens is 236 g/mol. The van der Waals surface area contributed by atoms with Crippen molar-refractivity contribution in [3.63, 3.8) is 0 Å². The molecule has 94 valence electrons. The van der Waals surface area contributed by atoms with Crippen LogP contribution in [0.15, 0.2) is 18.2 Å².